The second kappa shape index (κ2) is 4.02. The molecule has 3 aromatic rings. The minimum atomic E-state index is 0.252. The summed E-state index contributed by atoms with van der Waals surface area (Å²) in [4.78, 5) is 0. The van der Waals surface area contributed by atoms with Gasteiger partial charge in [0.05, 0.1) is 1.37 Å². The van der Waals surface area contributed by atoms with Gasteiger partial charge < -0.3 is 9.47 Å². The lowest BCUT2D eigenvalue weighted by molar-refractivity contribution is 0.175. The minimum absolute atomic E-state index is 0.252. The molecule has 92 valence electrons. The molecule has 1 aliphatic heterocycles. The third kappa shape index (κ3) is 1.65. The summed E-state index contributed by atoms with van der Waals surface area (Å²) in [6.45, 7) is 0.252. The molecule has 0 aromatic heterocycles. The summed E-state index contributed by atoms with van der Waals surface area (Å²) >= 11 is 0. The molecule has 3 aromatic carbocycles. The van der Waals surface area contributed by atoms with E-state index in [-0.39, 0.29) is 6.79 Å². The fourth-order valence-electron chi connectivity index (χ4n) is 2.42. The van der Waals surface area contributed by atoms with Gasteiger partial charge in [-0.3, -0.25) is 0 Å². The first-order valence-electron chi connectivity index (χ1n) is 6.71. The molecule has 2 nitrogen and oxygen atoms in total. The summed E-state index contributed by atoms with van der Waals surface area (Å²) < 4.78 is 19.1. The molecule has 0 saturated heterocycles. The highest BCUT2D eigenvalue weighted by atomic mass is 16.7. The van der Waals surface area contributed by atoms with Crippen molar-refractivity contribution in [2.45, 2.75) is 0 Å². The fourth-order valence-corrected chi connectivity index (χ4v) is 2.42. The smallest absolute Gasteiger partial charge is 0.231 e. The SMILES string of the molecule is [2H]c1cc2c3c(ccc2cc1-c1ccccc1)OCO3. The van der Waals surface area contributed by atoms with Crippen LogP contribution >= 0.6 is 0 Å². The second-order valence-electron chi connectivity index (χ2n) is 4.51. The molecule has 1 heterocycles. The molecule has 19 heavy (non-hydrogen) atoms. The zero-order valence-electron chi connectivity index (χ0n) is 11.2. The van der Waals surface area contributed by atoms with Crippen molar-refractivity contribution in [2.24, 2.45) is 0 Å². The molecule has 4 rings (SSSR count). The Morgan fingerprint density at radius 3 is 2.68 bits per heavy atom. The van der Waals surface area contributed by atoms with Crippen LogP contribution in [-0.2, 0) is 0 Å². The van der Waals surface area contributed by atoms with Crippen molar-refractivity contribution in [2.75, 3.05) is 6.79 Å². The maximum Gasteiger partial charge on any atom is 0.231 e. The van der Waals surface area contributed by atoms with Crippen LogP contribution in [0, 0.1) is 0 Å². The predicted molar refractivity (Wildman–Crippen MR) is 75.5 cm³/mol. The Labute approximate surface area is 112 Å². The van der Waals surface area contributed by atoms with Gasteiger partial charge in [0.15, 0.2) is 11.5 Å². The van der Waals surface area contributed by atoms with E-state index in [1.54, 1.807) is 0 Å². The van der Waals surface area contributed by atoms with Gasteiger partial charge in [-0.15, -0.1) is 0 Å². The quantitative estimate of drug-likeness (QED) is 0.642. The number of hydrogen-bond acceptors (Lipinski definition) is 2. The monoisotopic (exact) mass is 249 g/mol. The van der Waals surface area contributed by atoms with E-state index in [1.807, 2.05) is 54.6 Å². The van der Waals surface area contributed by atoms with Crippen molar-refractivity contribution < 1.29 is 10.8 Å². The number of benzene rings is 3. The molecule has 0 bridgehead atoms. The zero-order valence-corrected chi connectivity index (χ0v) is 10.2. The number of hydrogen-bond donors (Lipinski definition) is 0. The van der Waals surface area contributed by atoms with Crippen molar-refractivity contribution in [1.82, 2.24) is 0 Å². The molecule has 1 aliphatic rings. The first-order chi connectivity index (χ1) is 9.83. The van der Waals surface area contributed by atoms with Gasteiger partial charge in [-0.1, -0.05) is 42.4 Å². The van der Waals surface area contributed by atoms with Crippen LogP contribution in [-0.4, -0.2) is 6.79 Å². The van der Waals surface area contributed by atoms with Crippen LogP contribution in [0.4, 0.5) is 0 Å². The van der Waals surface area contributed by atoms with Crippen molar-refractivity contribution in [3.05, 3.63) is 60.6 Å². The Morgan fingerprint density at radius 1 is 0.895 bits per heavy atom. The first kappa shape index (κ1) is 9.45. The summed E-state index contributed by atoms with van der Waals surface area (Å²) in [6.07, 6.45) is 0. The maximum absolute atomic E-state index is 8.26. The number of fused-ring (bicyclic) bond motifs is 3. The highest BCUT2D eigenvalue weighted by Crippen LogP contribution is 2.40. The van der Waals surface area contributed by atoms with Gasteiger partial charge in [0.25, 0.3) is 0 Å². The summed E-state index contributed by atoms with van der Waals surface area (Å²) in [7, 11) is 0. The zero-order chi connectivity index (χ0) is 13.5. The van der Waals surface area contributed by atoms with E-state index < -0.39 is 0 Å². The largest absolute Gasteiger partial charge is 0.454 e. The third-order valence-corrected chi connectivity index (χ3v) is 3.37. The third-order valence-electron chi connectivity index (χ3n) is 3.37. The van der Waals surface area contributed by atoms with Gasteiger partial charge in [-0.05, 0) is 34.7 Å². The number of rotatable bonds is 1. The van der Waals surface area contributed by atoms with E-state index in [2.05, 4.69) is 0 Å². The van der Waals surface area contributed by atoms with E-state index in [1.165, 1.54) is 0 Å². The second-order valence-corrected chi connectivity index (χ2v) is 4.51. The minimum Gasteiger partial charge on any atom is -0.454 e. The Kier molecular flexibility index (Phi) is 2.00. The van der Waals surface area contributed by atoms with E-state index in [4.69, 9.17) is 10.8 Å². The van der Waals surface area contributed by atoms with Crippen LogP contribution in [0.5, 0.6) is 11.5 Å². The summed E-state index contributed by atoms with van der Waals surface area (Å²) in [6, 6.07) is 18.3. The van der Waals surface area contributed by atoms with Crippen molar-refractivity contribution in [1.29, 1.82) is 0 Å². The topological polar surface area (TPSA) is 18.5 Å². The standard InChI is InChI=1S/C17H12O2/c1-2-4-12(5-3-1)13-6-8-15-14(10-13)7-9-16-17(15)19-11-18-16/h1-10H,11H2/i6D. The van der Waals surface area contributed by atoms with Crippen LogP contribution in [0.1, 0.15) is 1.37 Å². The lowest BCUT2D eigenvalue weighted by Gasteiger charge is -2.06. The molecule has 0 N–H and O–H groups in total. The average Bonchev–Trinajstić information content (AvgIpc) is 2.96. The van der Waals surface area contributed by atoms with Gasteiger partial charge in [0, 0.05) is 5.39 Å². The van der Waals surface area contributed by atoms with Gasteiger partial charge in [-0.25, -0.2) is 0 Å². The highest BCUT2D eigenvalue weighted by Gasteiger charge is 2.16. The summed E-state index contributed by atoms with van der Waals surface area (Å²) in [5, 5.41) is 1.99. The highest BCUT2D eigenvalue weighted by molar-refractivity contribution is 5.94. The molecule has 0 spiro atoms. The van der Waals surface area contributed by atoms with Crippen LogP contribution in [0.15, 0.2) is 60.6 Å². The van der Waals surface area contributed by atoms with Gasteiger partial charge in [0.2, 0.25) is 6.79 Å². The summed E-state index contributed by atoms with van der Waals surface area (Å²) in [5.74, 6) is 1.50. The van der Waals surface area contributed by atoms with Gasteiger partial charge in [0.1, 0.15) is 0 Å². The first-order valence-corrected chi connectivity index (χ1v) is 6.21. The molecule has 0 amide bonds. The van der Waals surface area contributed by atoms with Gasteiger partial charge >= 0.3 is 0 Å². The molecular weight excluding hydrogens is 236 g/mol. The summed E-state index contributed by atoms with van der Waals surface area (Å²) in [5.41, 5.74) is 1.98. The molecule has 0 radical (unpaired) electrons. The average molecular weight is 249 g/mol. The Balaban J connectivity index is 1.98. The van der Waals surface area contributed by atoms with Crippen LogP contribution in [0.2, 0.25) is 0 Å². The molecule has 0 fully saturated rings. The Bertz CT molecular complexity index is 797. The molecule has 2 heteroatoms. The van der Waals surface area contributed by atoms with E-state index >= 15 is 0 Å². The van der Waals surface area contributed by atoms with Crippen LogP contribution < -0.4 is 9.47 Å². The molecular formula is C17H12O2. The molecule has 0 saturated carbocycles. The lowest BCUT2D eigenvalue weighted by Crippen LogP contribution is -1.93. The van der Waals surface area contributed by atoms with E-state index in [0.717, 1.165) is 33.4 Å². The number of ether oxygens (including phenoxy) is 2. The van der Waals surface area contributed by atoms with Crippen LogP contribution in [0.25, 0.3) is 21.9 Å². The van der Waals surface area contributed by atoms with Gasteiger partial charge in [-0.2, -0.15) is 0 Å². The van der Waals surface area contributed by atoms with Crippen LogP contribution in [0.3, 0.4) is 0 Å². The molecule has 0 aliphatic carbocycles. The van der Waals surface area contributed by atoms with E-state index in [9.17, 15) is 0 Å². The Hall–Kier alpha value is -2.48. The normalized spacial score (nSPS) is 13.6. The maximum atomic E-state index is 8.26. The van der Waals surface area contributed by atoms with Crippen molar-refractivity contribution >= 4 is 10.8 Å². The molecule has 0 unspecified atom stereocenters. The van der Waals surface area contributed by atoms with Crippen molar-refractivity contribution in [3.8, 4) is 22.6 Å². The Morgan fingerprint density at radius 2 is 1.79 bits per heavy atom. The predicted octanol–water partition coefficient (Wildman–Crippen LogP) is 4.24. The van der Waals surface area contributed by atoms with Crippen molar-refractivity contribution in [3.63, 3.8) is 0 Å². The fraction of sp³-hybridized carbons (Fsp3) is 0.0588. The van der Waals surface area contributed by atoms with E-state index in [0.29, 0.717) is 6.04 Å². The molecule has 0 atom stereocenters. The lowest BCUT2D eigenvalue weighted by atomic mass is 10.0.